The number of amides is 1. The molecule has 108 valence electrons. The molecule has 1 aliphatic rings. The number of hydrogen-bond acceptors (Lipinski definition) is 3. The third-order valence-corrected chi connectivity index (χ3v) is 4.81. The van der Waals surface area contributed by atoms with Crippen LogP contribution in [0.5, 0.6) is 0 Å². The predicted molar refractivity (Wildman–Crippen MR) is 75.5 cm³/mol. The van der Waals surface area contributed by atoms with Gasteiger partial charge in [-0.1, -0.05) is 18.5 Å². The van der Waals surface area contributed by atoms with Crippen LogP contribution >= 0.6 is 23.4 Å². The van der Waals surface area contributed by atoms with Crippen molar-refractivity contribution in [3.8, 4) is 0 Å². The minimum atomic E-state index is -1.07. The summed E-state index contributed by atoms with van der Waals surface area (Å²) in [5, 5.41) is 9.12. The van der Waals surface area contributed by atoms with E-state index < -0.39 is 23.7 Å². The average Bonchev–Trinajstić information content (AvgIpc) is 2.81. The topological polar surface area (TPSA) is 57.6 Å². The number of nitrogens with zero attached hydrogens (tertiary/aromatic N) is 1. The lowest BCUT2D eigenvalue weighted by Crippen LogP contribution is -2.45. The summed E-state index contributed by atoms with van der Waals surface area (Å²) >= 11 is 7.05. The van der Waals surface area contributed by atoms with Gasteiger partial charge in [-0.05, 0) is 24.6 Å². The number of hydrogen-bond donors (Lipinski definition) is 1. The van der Waals surface area contributed by atoms with Crippen LogP contribution < -0.4 is 0 Å². The van der Waals surface area contributed by atoms with Crippen LogP contribution in [0.1, 0.15) is 23.7 Å². The quantitative estimate of drug-likeness (QED) is 0.931. The van der Waals surface area contributed by atoms with Gasteiger partial charge in [-0.2, -0.15) is 0 Å². The van der Waals surface area contributed by atoms with Crippen molar-refractivity contribution < 1.29 is 19.1 Å². The number of halogens is 2. The number of carboxylic acids is 1. The molecule has 2 unspecified atom stereocenters. The summed E-state index contributed by atoms with van der Waals surface area (Å²) in [4.78, 5) is 24.9. The Balaban J connectivity index is 2.36. The van der Waals surface area contributed by atoms with Crippen molar-refractivity contribution in [2.75, 3.05) is 5.75 Å². The summed E-state index contributed by atoms with van der Waals surface area (Å²) in [6.07, 6.45) is 0.607. The van der Waals surface area contributed by atoms with Crippen LogP contribution in [0.15, 0.2) is 18.2 Å². The SMILES string of the molecule is CCC1SCC(C(=O)O)N1C(=O)c1ccc(Cl)cc1F. The van der Waals surface area contributed by atoms with E-state index in [4.69, 9.17) is 11.6 Å². The number of carbonyl (C=O) groups is 2. The van der Waals surface area contributed by atoms with Crippen LogP contribution in [-0.4, -0.2) is 39.1 Å². The maximum atomic E-state index is 13.8. The zero-order valence-electron chi connectivity index (χ0n) is 10.7. The highest BCUT2D eigenvalue weighted by Gasteiger charge is 2.41. The predicted octanol–water partition coefficient (Wildman–Crippen LogP) is 2.86. The summed E-state index contributed by atoms with van der Waals surface area (Å²) in [6.45, 7) is 1.86. The second kappa shape index (κ2) is 6.01. The molecule has 7 heteroatoms. The van der Waals surface area contributed by atoms with Gasteiger partial charge in [0, 0.05) is 10.8 Å². The molecule has 1 aromatic rings. The van der Waals surface area contributed by atoms with Crippen molar-refractivity contribution in [3.63, 3.8) is 0 Å². The molecule has 2 atom stereocenters. The van der Waals surface area contributed by atoms with Crippen LogP contribution in [0.2, 0.25) is 5.02 Å². The first-order chi connectivity index (χ1) is 9.45. The average molecular weight is 318 g/mol. The number of thioether (sulfide) groups is 1. The van der Waals surface area contributed by atoms with Crippen molar-refractivity contribution in [2.45, 2.75) is 24.8 Å². The van der Waals surface area contributed by atoms with Gasteiger partial charge in [0.25, 0.3) is 5.91 Å². The highest BCUT2D eigenvalue weighted by atomic mass is 35.5. The van der Waals surface area contributed by atoms with Crippen LogP contribution in [0.4, 0.5) is 4.39 Å². The molecule has 0 aliphatic carbocycles. The van der Waals surface area contributed by atoms with E-state index in [-0.39, 0.29) is 16.0 Å². The fourth-order valence-electron chi connectivity index (χ4n) is 2.14. The Morgan fingerprint density at radius 1 is 1.55 bits per heavy atom. The van der Waals surface area contributed by atoms with Crippen molar-refractivity contribution in [3.05, 3.63) is 34.6 Å². The highest BCUT2D eigenvalue weighted by molar-refractivity contribution is 8.00. The first-order valence-electron chi connectivity index (χ1n) is 6.07. The zero-order valence-corrected chi connectivity index (χ0v) is 12.2. The van der Waals surface area contributed by atoms with E-state index in [2.05, 4.69) is 0 Å². The first kappa shape index (κ1) is 15.1. The molecule has 1 saturated heterocycles. The standard InChI is InChI=1S/C13H13ClFNO3S/c1-2-11-16(10(6-20-11)13(18)19)12(17)8-4-3-7(14)5-9(8)15/h3-5,10-11H,2,6H2,1H3,(H,18,19). The Morgan fingerprint density at radius 2 is 2.25 bits per heavy atom. The number of rotatable bonds is 3. The van der Waals surface area contributed by atoms with Gasteiger partial charge in [0.1, 0.15) is 11.9 Å². The molecule has 0 bridgehead atoms. The van der Waals surface area contributed by atoms with E-state index in [0.717, 1.165) is 6.07 Å². The molecule has 0 spiro atoms. The summed E-state index contributed by atoms with van der Waals surface area (Å²) < 4.78 is 13.8. The zero-order chi connectivity index (χ0) is 14.9. The molecule has 1 N–H and O–H groups in total. The van der Waals surface area contributed by atoms with Gasteiger partial charge in [0.05, 0.1) is 10.9 Å². The van der Waals surface area contributed by atoms with Crippen molar-refractivity contribution in [1.82, 2.24) is 4.90 Å². The lowest BCUT2D eigenvalue weighted by Gasteiger charge is -2.26. The van der Waals surface area contributed by atoms with Gasteiger partial charge >= 0.3 is 5.97 Å². The number of benzene rings is 1. The Kier molecular flexibility index (Phi) is 4.55. The summed E-state index contributed by atoms with van der Waals surface area (Å²) in [5.41, 5.74) is -0.151. The van der Waals surface area contributed by atoms with Gasteiger partial charge < -0.3 is 10.0 Å². The molecule has 1 amide bonds. The molecule has 0 aromatic heterocycles. The lowest BCUT2D eigenvalue weighted by molar-refractivity contribution is -0.141. The van der Waals surface area contributed by atoms with Crippen LogP contribution in [0.25, 0.3) is 0 Å². The molecule has 0 saturated carbocycles. The molecular weight excluding hydrogens is 305 g/mol. The van der Waals surface area contributed by atoms with Gasteiger partial charge in [-0.15, -0.1) is 11.8 Å². The van der Waals surface area contributed by atoms with Gasteiger partial charge in [0.2, 0.25) is 0 Å². The minimum absolute atomic E-state index is 0.151. The van der Waals surface area contributed by atoms with E-state index in [0.29, 0.717) is 12.2 Å². The number of aliphatic carboxylic acids is 1. The molecule has 1 fully saturated rings. The third-order valence-electron chi connectivity index (χ3n) is 3.12. The second-order valence-electron chi connectivity index (χ2n) is 4.39. The largest absolute Gasteiger partial charge is 0.480 e. The maximum absolute atomic E-state index is 13.8. The Bertz CT molecular complexity index is 554. The monoisotopic (exact) mass is 317 g/mol. The van der Waals surface area contributed by atoms with Crippen LogP contribution in [0.3, 0.4) is 0 Å². The fraction of sp³-hybridized carbons (Fsp3) is 0.385. The molecule has 0 radical (unpaired) electrons. The molecule has 1 heterocycles. The fourth-order valence-corrected chi connectivity index (χ4v) is 3.65. The summed E-state index contributed by atoms with van der Waals surface area (Å²) in [6, 6.07) is 2.83. The Morgan fingerprint density at radius 3 is 2.80 bits per heavy atom. The third kappa shape index (κ3) is 2.76. The van der Waals surface area contributed by atoms with Crippen molar-refractivity contribution >= 4 is 35.2 Å². The normalized spacial score (nSPS) is 22.1. The van der Waals surface area contributed by atoms with E-state index >= 15 is 0 Å². The van der Waals surface area contributed by atoms with E-state index in [9.17, 15) is 19.1 Å². The molecule has 20 heavy (non-hydrogen) atoms. The van der Waals surface area contributed by atoms with E-state index in [1.54, 1.807) is 0 Å². The van der Waals surface area contributed by atoms with Crippen molar-refractivity contribution in [1.29, 1.82) is 0 Å². The molecule has 1 aromatic carbocycles. The van der Waals surface area contributed by atoms with Crippen LogP contribution in [-0.2, 0) is 4.79 Å². The Labute approximate surface area is 124 Å². The van der Waals surface area contributed by atoms with Crippen molar-refractivity contribution in [2.24, 2.45) is 0 Å². The summed E-state index contributed by atoms with van der Waals surface area (Å²) in [5.74, 6) is -2.10. The smallest absolute Gasteiger partial charge is 0.327 e. The Hall–Kier alpha value is -1.27. The van der Waals surface area contributed by atoms with E-state index in [1.807, 2.05) is 6.92 Å². The molecule has 2 rings (SSSR count). The van der Waals surface area contributed by atoms with Gasteiger partial charge in [0.15, 0.2) is 0 Å². The molecule has 4 nitrogen and oxygen atoms in total. The lowest BCUT2D eigenvalue weighted by atomic mass is 10.1. The second-order valence-corrected chi connectivity index (χ2v) is 6.03. The number of carbonyl (C=O) groups excluding carboxylic acids is 1. The highest BCUT2D eigenvalue weighted by Crippen LogP contribution is 2.33. The maximum Gasteiger partial charge on any atom is 0.327 e. The van der Waals surface area contributed by atoms with Gasteiger partial charge in [-0.3, -0.25) is 4.79 Å². The molecular formula is C13H13ClFNO3S. The first-order valence-corrected chi connectivity index (χ1v) is 7.50. The van der Waals surface area contributed by atoms with Gasteiger partial charge in [-0.25, -0.2) is 9.18 Å². The van der Waals surface area contributed by atoms with Crippen LogP contribution in [0, 0.1) is 5.82 Å². The van der Waals surface area contributed by atoms with E-state index in [1.165, 1.54) is 28.8 Å². The molecule has 1 aliphatic heterocycles. The summed E-state index contributed by atoms with van der Waals surface area (Å²) in [7, 11) is 0. The number of carboxylic acid groups (broad SMARTS) is 1. The minimum Gasteiger partial charge on any atom is -0.480 e.